The SMILES string of the molecule is C[C@@H]1[C@@H](NC(=O)Nc2ccc(Cl)cc2F)CN1c1cc(F)c(C2CCC(=O)NC2=O)c2c1OCC2. The number of urea groups is 1. The first-order valence-corrected chi connectivity index (χ1v) is 11.7. The van der Waals surface area contributed by atoms with Crippen LogP contribution in [0.4, 0.5) is 25.0 Å². The number of piperidine rings is 1. The molecule has 2 saturated heterocycles. The van der Waals surface area contributed by atoms with Crippen molar-refractivity contribution in [3.8, 4) is 5.75 Å². The van der Waals surface area contributed by atoms with E-state index in [0.717, 1.165) is 6.07 Å². The van der Waals surface area contributed by atoms with E-state index in [2.05, 4.69) is 16.0 Å². The molecule has 184 valence electrons. The van der Waals surface area contributed by atoms with Gasteiger partial charge in [0.15, 0.2) is 0 Å². The second kappa shape index (κ2) is 8.99. The van der Waals surface area contributed by atoms with Gasteiger partial charge in [0, 0.05) is 47.6 Å². The fraction of sp³-hybridized carbons (Fsp3) is 0.375. The zero-order valence-electron chi connectivity index (χ0n) is 18.8. The van der Waals surface area contributed by atoms with Crippen molar-refractivity contribution in [1.82, 2.24) is 10.6 Å². The lowest BCUT2D eigenvalue weighted by Gasteiger charge is -2.48. The van der Waals surface area contributed by atoms with Crippen LogP contribution in [-0.2, 0) is 16.0 Å². The number of benzene rings is 2. The number of halogens is 3. The van der Waals surface area contributed by atoms with Gasteiger partial charge in [0.1, 0.15) is 17.4 Å². The first-order chi connectivity index (χ1) is 16.7. The van der Waals surface area contributed by atoms with Gasteiger partial charge in [-0.3, -0.25) is 14.9 Å². The number of hydrogen-bond donors (Lipinski definition) is 3. The van der Waals surface area contributed by atoms with Crippen LogP contribution < -0.4 is 25.6 Å². The minimum absolute atomic E-state index is 0.00746. The third-order valence-electron chi connectivity index (χ3n) is 6.81. The standard InChI is InChI=1S/C24H23ClF2N4O4/c1-11-18(29-24(34)28-17-4-2-12(25)8-15(17)26)10-31(11)19-9-16(27)21(13-6-7-35-22(13)19)14-3-5-20(32)30-23(14)33/h2,4,8-9,11,14,18H,3,5-7,10H2,1H3,(H2,28,29,34)(H,30,32,33)/t11-,14?,18+/m1/s1. The number of nitrogens with zero attached hydrogens (tertiary/aromatic N) is 1. The second-order valence-electron chi connectivity index (χ2n) is 8.92. The maximum absolute atomic E-state index is 15.4. The van der Waals surface area contributed by atoms with Gasteiger partial charge in [-0.25, -0.2) is 13.6 Å². The molecule has 0 saturated carbocycles. The van der Waals surface area contributed by atoms with Gasteiger partial charge in [0.05, 0.1) is 29.9 Å². The Kier molecular flexibility index (Phi) is 6.00. The van der Waals surface area contributed by atoms with Gasteiger partial charge in [-0.15, -0.1) is 0 Å². The molecule has 3 N–H and O–H groups in total. The van der Waals surface area contributed by atoms with Gasteiger partial charge >= 0.3 is 6.03 Å². The van der Waals surface area contributed by atoms with Crippen molar-refractivity contribution in [2.24, 2.45) is 0 Å². The number of imide groups is 1. The number of hydrogen-bond acceptors (Lipinski definition) is 5. The van der Waals surface area contributed by atoms with Gasteiger partial charge in [-0.2, -0.15) is 0 Å². The molecule has 2 aromatic carbocycles. The molecule has 0 spiro atoms. The van der Waals surface area contributed by atoms with Gasteiger partial charge in [0.25, 0.3) is 0 Å². The summed E-state index contributed by atoms with van der Waals surface area (Å²) in [4.78, 5) is 38.2. The molecular weight excluding hydrogens is 482 g/mol. The highest BCUT2D eigenvalue weighted by atomic mass is 35.5. The molecular formula is C24H23ClF2N4O4. The molecule has 3 aliphatic rings. The monoisotopic (exact) mass is 504 g/mol. The highest BCUT2D eigenvalue weighted by Crippen LogP contribution is 2.46. The van der Waals surface area contributed by atoms with Crippen LogP contribution in [-0.4, -0.2) is 43.1 Å². The summed E-state index contributed by atoms with van der Waals surface area (Å²) in [6, 6.07) is 4.30. The summed E-state index contributed by atoms with van der Waals surface area (Å²) < 4.78 is 35.1. The Bertz CT molecular complexity index is 1240. The highest BCUT2D eigenvalue weighted by Gasteiger charge is 2.41. The Morgan fingerprint density at radius 2 is 2.00 bits per heavy atom. The van der Waals surface area contributed by atoms with Crippen molar-refractivity contribution in [2.45, 2.75) is 44.2 Å². The molecule has 0 aliphatic carbocycles. The number of amides is 4. The van der Waals surface area contributed by atoms with E-state index in [9.17, 15) is 18.8 Å². The molecule has 3 aliphatic heterocycles. The average Bonchev–Trinajstić information content (AvgIpc) is 3.28. The van der Waals surface area contributed by atoms with Crippen molar-refractivity contribution >= 4 is 40.8 Å². The Labute approximate surface area is 204 Å². The maximum Gasteiger partial charge on any atom is 0.319 e. The van der Waals surface area contributed by atoms with Crippen LogP contribution in [0.5, 0.6) is 5.75 Å². The van der Waals surface area contributed by atoms with E-state index in [1.807, 2.05) is 11.8 Å². The van der Waals surface area contributed by atoms with E-state index < -0.39 is 29.5 Å². The lowest BCUT2D eigenvalue weighted by Crippen LogP contribution is -2.66. The molecule has 0 radical (unpaired) electrons. The Balaban J connectivity index is 1.30. The number of fused-ring (bicyclic) bond motifs is 1. The predicted molar refractivity (Wildman–Crippen MR) is 125 cm³/mol. The largest absolute Gasteiger partial charge is 0.491 e. The van der Waals surface area contributed by atoms with Crippen LogP contribution in [0.1, 0.15) is 36.8 Å². The maximum atomic E-state index is 15.4. The number of anilines is 2. The molecule has 35 heavy (non-hydrogen) atoms. The third-order valence-corrected chi connectivity index (χ3v) is 7.05. The third kappa shape index (κ3) is 4.27. The van der Waals surface area contributed by atoms with Crippen molar-refractivity contribution in [1.29, 1.82) is 0 Å². The molecule has 2 aromatic rings. The first-order valence-electron chi connectivity index (χ1n) is 11.3. The van der Waals surface area contributed by atoms with Crippen molar-refractivity contribution in [3.63, 3.8) is 0 Å². The molecule has 11 heteroatoms. The Morgan fingerprint density at radius 3 is 2.71 bits per heavy atom. The number of nitrogens with one attached hydrogen (secondary N) is 3. The minimum atomic E-state index is -0.739. The van der Waals surface area contributed by atoms with Gasteiger partial charge in [-0.05, 0) is 31.5 Å². The van der Waals surface area contributed by atoms with E-state index in [1.165, 1.54) is 18.2 Å². The van der Waals surface area contributed by atoms with Crippen LogP contribution in [0.15, 0.2) is 24.3 Å². The molecule has 8 nitrogen and oxygen atoms in total. The molecule has 1 unspecified atom stereocenters. The number of carbonyl (C=O) groups excluding carboxylic acids is 3. The number of ether oxygens (including phenoxy) is 1. The molecule has 2 fully saturated rings. The summed E-state index contributed by atoms with van der Waals surface area (Å²) in [5.74, 6) is -2.21. The summed E-state index contributed by atoms with van der Waals surface area (Å²) in [7, 11) is 0. The molecule has 4 amide bonds. The van der Waals surface area contributed by atoms with Crippen molar-refractivity contribution in [3.05, 3.63) is 52.0 Å². The Morgan fingerprint density at radius 1 is 1.20 bits per heavy atom. The summed E-state index contributed by atoms with van der Waals surface area (Å²) >= 11 is 5.74. The quantitative estimate of drug-likeness (QED) is 0.554. The lowest BCUT2D eigenvalue weighted by atomic mass is 9.85. The zero-order valence-corrected chi connectivity index (χ0v) is 19.5. The topological polar surface area (TPSA) is 99.8 Å². The highest BCUT2D eigenvalue weighted by molar-refractivity contribution is 6.30. The number of carbonyl (C=O) groups is 3. The fourth-order valence-electron chi connectivity index (χ4n) is 4.92. The van der Waals surface area contributed by atoms with Gasteiger partial charge in [-0.1, -0.05) is 11.6 Å². The summed E-state index contributed by atoms with van der Waals surface area (Å²) in [5, 5.41) is 7.78. The van der Waals surface area contributed by atoms with Crippen LogP contribution >= 0.6 is 11.6 Å². The lowest BCUT2D eigenvalue weighted by molar-refractivity contribution is -0.134. The molecule has 3 atom stereocenters. The number of rotatable bonds is 4. The average molecular weight is 505 g/mol. The summed E-state index contributed by atoms with van der Waals surface area (Å²) in [5.41, 5.74) is 1.50. The second-order valence-corrected chi connectivity index (χ2v) is 9.36. The zero-order chi connectivity index (χ0) is 24.9. The summed E-state index contributed by atoms with van der Waals surface area (Å²) in [6.45, 7) is 2.64. The van der Waals surface area contributed by atoms with Crippen LogP contribution in [0, 0.1) is 11.6 Å². The van der Waals surface area contributed by atoms with E-state index in [4.69, 9.17) is 16.3 Å². The van der Waals surface area contributed by atoms with E-state index >= 15 is 4.39 Å². The predicted octanol–water partition coefficient (Wildman–Crippen LogP) is 3.47. The smallest absolute Gasteiger partial charge is 0.319 e. The van der Waals surface area contributed by atoms with Crippen LogP contribution in [0.25, 0.3) is 0 Å². The van der Waals surface area contributed by atoms with Crippen LogP contribution in [0.2, 0.25) is 5.02 Å². The normalized spacial score (nSPS) is 23.2. The molecule has 0 aromatic heterocycles. The van der Waals surface area contributed by atoms with Crippen LogP contribution in [0.3, 0.4) is 0 Å². The van der Waals surface area contributed by atoms with Crippen molar-refractivity contribution < 1.29 is 27.9 Å². The minimum Gasteiger partial charge on any atom is -0.491 e. The fourth-order valence-corrected chi connectivity index (χ4v) is 5.08. The van der Waals surface area contributed by atoms with Gasteiger partial charge in [0.2, 0.25) is 11.8 Å². The van der Waals surface area contributed by atoms with Crippen molar-refractivity contribution in [2.75, 3.05) is 23.4 Å². The van der Waals surface area contributed by atoms with Gasteiger partial charge < -0.3 is 20.3 Å². The molecule has 5 rings (SSSR count). The molecule has 3 heterocycles. The first kappa shape index (κ1) is 23.3. The van der Waals surface area contributed by atoms with E-state index in [-0.39, 0.29) is 41.5 Å². The Hall–Kier alpha value is -3.40. The van der Waals surface area contributed by atoms with E-state index in [0.29, 0.717) is 42.1 Å². The molecule has 0 bridgehead atoms. The van der Waals surface area contributed by atoms with E-state index in [1.54, 1.807) is 0 Å². The summed E-state index contributed by atoms with van der Waals surface area (Å²) in [6.07, 6.45) is 0.876.